The molecule has 1 saturated carbocycles. The Morgan fingerprint density at radius 2 is 1.81 bits per heavy atom. The van der Waals surface area contributed by atoms with Gasteiger partial charge in [0.15, 0.2) is 10.8 Å². The lowest BCUT2D eigenvalue weighted by Gasteiger charge is -2.46. The number of amides is 2. The molecule has 2 aliphatic heterocycles. The van der Waals surface area contributed by atoms with E-state index in [4.69, 9.17) is 4.74 Å². The number of nitrogens with one attached hydrogen (secondary N) is 1. The Balaban J connectivity index is 1.03. The van der Waals surface area contributed by atoms with Crippen LogP contribution in [0.1, 0.15) is 92.8 Å². The highest BCUT2D eigenvalue weighted by Crippen LogP contribution is 2.45. The number of nitrogens with zero attached hydrogens (tertiary/aromatic N) is 7. The van der Waals surface area contributed by atoms with Crippen LogP contribution in [-0.4, -0.2) is 92.6 Å². The summed E-state index contributed by atoms with van der Waals surface area (Å²) in [6.45, 7) is 12.6. The average Bonchev–Trinajstić information content (AvgIpc) is 3.78. The van der Waals surface area contributed by atoms with Crippen molar-refractivity contribution in [2.75, 3.05) is 37.6 Å². The first-order valence-electron chi connectivity index (χ1n) is 17.3. The average molecular weight is 679 g/mol. The molecule has 4 heterocycles. The van der Waals surface area contributed by atoms with Crippen LogP contribution in [0.2, 0.25) is 0 Å². The summed E-state index contributed by atoms with van der Waals surface area (Å²) in [6, 6.07) is 4.08. The van der Waals surface area contributed by atoms with Crippen LogP contribution in [0.4, 0.5) is 10.2 Å². The molecule has 1 aliphatic carbocycles. The van der Waals surface area contributed by atoms with Gasteiger partial charge in [0.2, 0.25) is 0 Å². The van der Waals surface area contributed by atoms with Crippen molar-refractivity contribution >= 4 is 29.0 Å². The maximum absolute atomic E-state index is 14.4. The zero-order valence-electron chi connectivity index (χ0n) is 28.4. The number of carbonyl (C=O) groups excluding carboxylic acids is 2. The molecule has 2 saturated heterocycles. The van der Waals surface area contributed by atoms with Crippen molar-refractivity contribution in [1.29, 1.82) is 0 Å². The Morgan fingerprint density at radius 3 is 2.50 bits per heavy atom. The number of hydrogen-bond acceptors (Lipinski definition) is 10. The molecule has 2 aromatic heterocycles. The molecule has 1 spiro atoms. The third-order valence-corrected chi connectivity index (χ3v) is 11.1. The smallest absolute Gasteiger partial charge is 0.282 e. The van der Waals surface area contributed by atoms with Crippen LogP contribution < -0.4 is 15.0 Å². The first-order valence-corrected chi connectivity index (χ1v) is 18.1. The monoisotopic (exact) mass is 678 g/mol. The standard InChI is InChI=1S/C35H47FN8O3S/c1-23(2)44(24(3)4)34(46)28-19-26(36)5-6-29(28)47-32-30(38-22-39-41-32)43-15-9-25(21-43)20-42-16-12-35(13-17-42)10-7-27(8-11-35)40-31(45)33-37-14-18-48-33/h5-6,14,18-19,22-25,27H,7-13,15-17,20-21H2,1-4H3,(H,40,45)/t25-/m0/s1. The van der Waals surface area contributed by atoms with Gasteiger partial charge in [-0.05, 0) is 115 Å². The number of hydrogen-bond donors (Lipinski definition) is 1. The molecule has 1 N–H and O–H groups in total. The second-order valence-corrected chi connectivity index (χ2v) is 15.1. The molecule has 0 radical (unpaired) electrons. The van der Waals surface area contributed by atoms with Crippen molar-refractivity contribution < 1.29 is 18.7 Å². The number of rotatable bonds is 10. The van der Waals surface area contributed by atoms with Crippen molar-refractivity contribution in [3.63, 3.8) is 0 Å². The van der Waals surface area contributed by atoms with E-state index in [0.717, 1.165) is 52.0 Å². The molecule has 1 atom stereocenters. The second kappa shape index (κ2) is 14.8. The van der Waals surface area contributed by atoms with Crippen molar-refractivity contribution in [2.24, 2.45) is 11.3 Å². The molecule has 2 amide bonds. The van der Waals surface area contributed by atoms with Gasteiger partial charge in [-0.25, -0.2) is 14.4 Å². The van der Waals surface area contributed by atoms with Crippen molar-refractivity contribution in [3.05, 3.63) is 52.5 Å². The molecule has 11 nitrogen and oxygen atoms in total. The lowest BCUT2D eigenvalue weighted by atomic mass is 9.67. The van der Waals surface area contributed by atoms with Gasteiger partial charge in [0, 0.05) is 49.3 Å². The molecule has 3 aliphatic rings. The van der Waals surface area contributed by atoms with E-state index in [2.05, 4.69) is 35.3 Å². The Morgan fingerprint density at radius 1 is 1.06 bits per heavy atom. The Hall–Kier alpha value is -3.71. The van der Waals surface area contributed by atoms with E-state index in [-0.39, 0.29) is 47.1 Å². The summed E-state index contributed by atoms with van der Waals surface area (Å²) >= 11 is 1.39. The number of piperidine rings is 1. The fourth-order valence-corrected chi connectivity index (χ4v) is 8.35. The van der Waals surface area contributed by atoms with Crippen molar-refractivity contribution in [2.45, 2.75) is 90.8 Å². The highest BCUT2D eigenvalue weighted by atomic mass is 32.1. The fourth-order valence-electron chi connectivity index (χ4n) is 7.81. The third-order valence-electron chi connectivity index (χ3n) is 10.3. The molecule has 13 heteroatoms. The Kier molecular flexibility index (Phi) is 10.5. The van der Waals surface area contributed by atoms with Gasteiger partial charge in [0.25, 0.3) is 17.7 Å². The van der Waals surface area contributed by atoms with Crippen LogP contribution >= 0.6 is 11.3 Å². The molecule has 6 rings (SSSR count). The van der Waals surface area contributed by atoms with Crippen molar-refractivity contribution in [3.8, 4) is 11.6 Å². The van der Waals surface area contributed by atoms with E-state index < -0.39 is 5.82 Å². The largest absolute Gasteiger partial charge is 0.434 e. The predicted molar refractivity (Wildman–Crippen MR) is 183 cm³/mol. The van der Waals surface area contributed by atoms with Crippen LogP contribution in [0, 0.1) is 17.2 Å². The minimum atomic E-state index is -0.509. The molecule has 48 heavy (non-hydrogen) atoms. The third kappa shape index (κ3) is 7.78. The SMILES string of the molecule is CC(C)N(C(=O)c1cc(F)ccc1Oc1nncnc1N1CC[C@@H](CN2CCC3(CCC(NC(=O)c4nccs4)CC3)CC2)C1)C(C)C. The van der Waals surface area contributed by atoms with E-state index in [0.29, 0.717) is 22.2 Å². The normalized spacial score (nSPS) is 20.1. The zero-order valence-corrected chi connectivity index (χ0v) is 29.2. The van der Waals surface area contributed by atoms with E-state index in [1.165, 1.54) is 61.5 Å². The van der Waals surface area contributed by atoms with Crippen LogP contribution in [0.15, 0.2) is 36.1 Å². The van der Waals surface area contributed by atoms with Crippen LogP contribution in [0.5, 0.6) is 11.6 Å². The molecule has 0 bridgehead atoms. The first kappa shape index (κ1) is 34.2. The maximum atomic E-state index is 14.4. The van der Waals surface area contributed by atoms with Gasteiger partial charge in [-0.15, -0.1) is 21.5 Å². The number of likely N-dealkylation sites (tertiary alicyclic amines) is 1. The molecule has 258 valence electrons. The van der Waals surface area contributed by atoms with Gasteiger partial charge in [0.05, 0.1) is 5.56 Å². The highest BCUT2D eigenvalue weighted by Gasteiger charge is 2.39. The number of halogens is 1. The summed E-state index contributed by atoms with van der Waals surface area (Å²) in [7, 11) is 0. The molecule has 3 fully saturated rings. The lowest BCUT2D eigenvalue weighted by Crippen LogP contribution is -2.46. The number of anilines is 1. The quantitative estimate of drug-likeness (QED) is 0.284. The summed E-state index contributed by atoms with van der Waals surface area (Å²) in [6.07, 6.45) is 10.9. The number of aromatic nitrogens is 4. The fraction of sp³-hybridized carbons (Fsp3) is 0.600. The molecule has 0 unspecified atom stereocenters. The molecule has 3 aromatic rings. The van der Waals surface area contributed by atoms with Crippen LogP contribution in [0.25, 0.3) is 0 Å². The summed E-state index contributed by atoms with van der Waals surface area (Å²) in [5.74, 6) is 0.638. The van der Waals surface area contributed by atoms with Gasteiger partial charge < -0.3 is 24.8 Å². The van der Waals surface area contributed by atoms with E-state index in [9.17, 15) is 14.0 Å². The van der Waals surface area contributed by atoms with Crippen molar-refractivity contribution in [1.82, 2.24) is 35.3 Å². The molecule has 1 aromatic carbocycles. The number of benzene rings is 1. The highest BCUT2D eigenvalue weighted by molar-refractivity contribution is 7.11. The number of thiazole rings is 1. The molecular weight excluding hydrogens is 632 g/mol. The first-order chi connectivity index (χ1) is 23.1. The van der Waals surface area contributed by atoms with Gasteiger partial charge in [-0.2, -0.15) is 0 Å². The van der Waals surface area contributed by atoms with E-state index >= 15 is 0 Å². The van der Waals surface area contributed by atoms with Gasteiger partial charge in [-0.3, -0.25) is 9.59 Å². The lowest BCUT2D eigenvalue weighted by molar-refractivity contribution is 0.0511. The minimum absolute atomic E-state index is 0.0438. The summed E-state index contributed by atoms with van der Waals surface area (Å²) in [4.78, 5) is 41.2. The summed E-state index contributed by atoms with van der Waals surface area (Å²) in [5.41, 5.74) is 0.534. The topological polar surface area (TPSA) is 117 Å². The van der Waals surface area contributed by atoms with Gasteiger partial charge in [-0.1, -0.05) is 0 Å². The second-order valence-electron chi connectivity index (χ2n) is 14.2. The molecular formula is C35H47FN8O3S. The number of carbonyl (C=O) groups is 2. The maximum Gasteiger partial charge on any atom is 0.282 e. The Labute approximate surface area is 286 Å². The summed E-state index contributed by atoms with van der Waals surface area (Å²) < 4.78 is 20.6. The summed E-state index contributed by atoms with van der Waals surface area (Å²) in [5, 5.41) is 13.8. The van der Waals surface area contributed by atoms with E-state index in [1.54, 1.807) is 11.1 Å². The minimum Gasteiger partial charge on any atom is -0.434 e. The van der Waals surface area contributed by atoms with Crippen LogP contribution in [0.3, 0.4) is 0 Å². The zero-order chi connectivity index (χ0) is 33.8. The number of ether oxygens (including phenoxy) is 1. The Bertz CT molecular complexity index is 1540. The van der Waals surface area contributed by atoms with Crippen LogP contribution in [-0.2, 0) is 0 Å². The van der Waals surface area contributed by atoms with Gasteiger partial charge >= 0.3 is 0 Å². The van der Waals surface area contributed by atoms with E-state index in [1.807, 2.05) is 33.1 Å². The van der Waals surface area contributed by atoms with Gasteiger partial charge in [0.1, 0.15) is 17.9 Å². The predicted octanol–water partition coefficient (Wildman–Crippen LogP) is 5.80.